The summed E-state index contributed by atoms with van der Waals surface area (Å²) < 4.78 is 0. The van der Waals surface area contributed by atoms with Crippen LogP contribution in [0.4, 0.5) is 0 Å². The Bertz CT molecular complexity index is 272. The zero-order valence-electron chi connectivity index (χ0n) is 7.79. The summed E-state index contributed by atoms with van der Waals surface area (Å²) in [7, 11) is 0. The molecule has 1 saturated heterocycles. The molecule has 0 saturated carbocycles. The molecule has 1 aromatic heterocycles. The average Bonchev–Trinajstić information content (AvgIpc) is 2.65. The van der Waals surface area contributed by atoms with Crippen molar-refractivity contribution in [3.8, 4) is 0 Å². The summed E-state index contributed by atoms with van der Waals surface area (Å²) in [6.45, 7) is 2.99. The molecule has 0 aliphatic carbocycles. The van der Waals surface area contributed by atoms with Gasteiger partial charge in [0.25, 0.3) is 0 Å². The van der Waals surface area contributed by atoms with Crippen LogP contribution in [0, 0.1) is 0 Å². The number of nitrogens with one attached hydrogen (secondary N) is 1. The first-order valence-corrected chi connectivity index (χ1v) is 5.57. The maximum Gasteiger partial charge on any atom is 0.0857 e. The predicted octanol–water partition coefficient (Wildman–Crippen LogP) is 1.40. The van der Waals surface area contributed by atoms with Crippen molar-refractivity contribution in [2.75, 3.05) is 6.54 Å². The Morgan fingerprint density at radius 1 is 1.77 bits per heavy atom. The first-order valence-electron chi connectivity index (χ1n) is 4.69. The zero-order valence-corrected chi connectivity index (χ0v) is 8.60. The van der Waals surface area contributed by atoms with Gasteiger partial charge in [0, 0.05) is 17.3 Å². The van der Waals surface area contributed by atoms with E-state index in [1.165, 1.54) is 4.88 Å². The fourth-order valence-electron chi connectivity index (χ4n) is 1.87. The van der Waals surface area contributed by atoms with Gasteiger partial charge in [0.15, 0.2) is 0 Å². The van der Waals surface area contributed by atoms with E-state index in [9.17, 15) is 5.11 Å². The van der Waals surface area contributed by atoms with Gasteiger partial charge in [-0.2, -0.15) is 0 Å². The van der Waals surface area contributed by atoms with Gasteiger partial charge in [-0.15, -0.1) is 11.3 Å². The Labute approximate surface area is 82.6 Å². The van der Waals surface area contributed by atoms with Crippen LogP contribution in [-0.4, -0.2) is 23.3 Å². The summed E-state index contributed by atoms with van der Waals surface area (Å²) in [5.41, 5.74) is -0.523. The van der Waals surface area contributed by atoms with Crippen LogP contribution in [0.5, 0.6) is 0 Å². The molecule has 0 radical (unpaired) electrons. The van der Waals surface area contributed by atoms with Crippen molar-refractivity contribution in [1.82, 2.24) is 5.32 Å². The van der Waals surface area contributed by atoms with Crippen molar-refractivity contribution >= 4 is 11.3 Å². The number of aliphatic hydroxyl groups is 1. The molecule has 72 valence electrons. The molecule has 1 aromatic rings. The van der Waals surface area contributed by atoms with Crippen LogP contribution >= 0.6 is 11.3 Å². The Balaban J connectivity index is 2.08. The molecule has 2 unspecified atom stereocenters. The maximum atomic E-state index is 10.3. The first-order chi connectivity index (χ1) is 6.21. The van der Waals surface area contributed by atoms with E-state index in [0.29, 0.717) is 0 Å². The zero-order chi connectivity index (χ0) is 9.31. The van der Waals surface area contributed by atoms with Crippen molar-refractivity contribution in [3.05, 3.63) is 22.4 Å². The molecule has 3 heteroatoms. The van der Waals surface area contributed by atoms with Crippen LogP contribution in [0.15, 0.2) is 17.5 Å². The molecule has 1 aliphatic heterocycles. The Kier molecular flexibility index (Phi) is 2.41. The van der Waals surface area contributed by atoms with Crippen molar-refractivity contribution in [2.24, 2.45) is 0 Å². The van der Waals surface area contributed by atoms with Gasteiger partial charge in [-0.1, -0.05) is 6.07 Å². The Morgan fingerprint density at radius 3 is 3.15 bits per heavy atom. The fraction of sp³-hybridized carbons (Fsp3) is 0.600. The monoisotopic (exact) mass is 197 g/mol. The average molecular weight is 197 g/mol. The highest BCUT2D eigenvalue weighted by Crippen LogP contribution is 2.27. The van der Waals surface area contributed by atoms with E-state index in [1.807, 2.05) is 6.07 Å². The summed E-state index contributed by atoms with van der Waals surface area (Å²) in [5, 5.41) is 15.6. The second-order valence-corrected chi connectivity index (χ2v) is 4.82. The molecule has 2 atom stereocenters. The molecule has 0 aromatic carbocycles. The quantitative estimate of drug-likeness (QED) is 0.751. The van der Waals surface area contributed by atoms with E-state index in [2.05, 4.69) is 23.7 Å². The van der Waals surface area contributed by atoms with Gasteiger partial charge < -0.3 is 10.4 Å². The summed E-state index contributed by atoms with van der Waals surface area (Å²) in [6, 6.07) is 4.35. The van der Waals surface area contributed by atoms with E-state index in [0.717, 1.165) is 19.4 Å². The summed E-state index contributed by atoms with van der Waals surface area (Å²) in [6.07, 6.45) is 1.66. The third-order valence-electron chi connectivity index (χ3n) is 2.87. The topological polar surface area (TPSA) is 32.3 Å². The lowest BCUT2D eigenvalue weighted by atomic mass is 9.91. The minimum atomic E-state index is -0.523. The molecule has 2 N–H and O–H groups in total. The Hall–Kier alpha value is -0.380. The third kappa shape index (κ3) is 1.77. The number of hydrogen-bond donors (Lipinski definition) is 2. The van der Waals surface area contributed by atoms with Gasteiger partial charge in [0.2, 0.25) is 0 Å². The standard InChI is InChI=1S/C10H15NOS/c1-8-10(12,4-5-11-8)7-9-3-2-6-13-9/h2-3,6,8,11-12H,4-5,7H2,1H3. The fourth-order valence-corrected chi connectivity index (χ4v) is 2.69. The van der Waals surface area contributed by atoms with Crippen LogP contribution in [0.2, 0.25) is 0 Å². The van der Waals surface area contributed by atoms with Gasteiger partial charge in [-0.25, -0.2) is 0 Å². The predicted molar refractivity (Wildman–Crippen MR) is 55.1 cm³/mol. The van der Waals surface area contributed by atoms with Crippen LogP contribution in [0.1, 0.15) is 18.2 Å². The molecule has 2 rings (SSSR count). The van der Waals surface area contributed by atoms with Crippen LogP contribution in [-0.2, 0) is 6.42 Å². The normalized spacial score (nSPS) is 33.8. The number of thiophene rings is 1. The molecule has 2 nitrogen and oxygen atoms in total. The highest BCUT2D eigenvalue weighted by Gasteiger charge is 2.38. The Morgan fingerprint density at radius 2 is 2.62 bits per heavy atom. The molecular weight excluding hydrogens is 182 g/mol. The maximum absolute atomic E-state index is 10.3. The van der Waals surface area contributed by atoms with E-state index in [4.69, 9.17) is 0 Å². The highest BCUT2D eigenvalue weighted by molar-refractivity contribution is 7.09. The van der Waals surface area contributed by atoms with E-state index in [1.54, 1.807) is 11.3 Å². The lowest BCUT2D eigenvalue weighted by molar-refractivity contribution is 0.0343. The van der Waals surface area contributed by atoms with Gasteiger partial charge in [-0.3, -0.25) is 0 Å². The molecule has 1 fully saturated rings. The number of hydrogen-bond acceptors (Lipinski definition) is 3. The van der Waals surface area contributed by atoms with Crippen LogP contribution in [0.25, 0.3) is 0 Å². The molecule has 13 heavy (non-hydrogen) atoms. The minimum Gasteiger partial charge on any atom is -0.388 e. The van der Waals surface area contributed by atoms with Crippen molar-refractivity contribution in [2.45, 2.75) is 31.4 Å². The van der Waals surface area contributed by atoms with Gasteiger partial charge in [-0.05, 0) is 31.3 Å². The first kappa shape index (κ1) is 9.19. The molecule has 0 amide bonds. The smallest absolute Gasteiger partial charge is 0.0857 e. The molecule has 0 spiro atoms. The van der Waals surface area contributed by atoms with Gasteiger partial charge in [0.1, 0.15) is 0 Å². The SMILES string of the molecule is CC1NCCC1(O)Cc1cccs1. The summed E-state index contributed by atoms with van der Waals surface area (Å²) in [4.78, 5) is 1.28. The lowest BCUT2D eigenvalue weighted by Crippen LogP contribution is -2.42. The lowest BCUT2D eigenvalue weighted by Gasteiger charge is -2.26. The van der Waals surface area contributed by atoms with E-state index in [-0.39, 0.29) is 6.04 Å². The minimum absolute atomic E-state index is 0.217. The van der Waals surface area contributed by atoms with Crippen molar-refractivity contribution in [1.29, 1.82) is 0 Å². The van der Waals surface area contributed by atoms with Gasteiger partial charge >= 0.3 is 0 Å². The second kappa shape index (κ2) is 3.40. The van der Waals surface area contributed by atoms with Crippen LogP contribution in [0.3, 0.4) is 0 Å². The molecular formula is C10H15NOS. The third-order valence-corrected chi connectivity index (χ3v) is 3.75. The second-order valence-electron chi connectivity index (χ2n) is 3.79. The van der Waals surface area contributed by atoms with Crippen molar-refractivity contribution in [3.63, 3.8) is 0 Å². The summed E-state index contributed by atoms with van der Waals surface area (Å²) >= 11 is 1.72. The highest BCUT2D eigenvalue weighted by atomic mass is 32.1. The van der Waals surface area contributed by atoms with E-state index < -0.39 is 5.60 Å². The largest absolute Gasteiger partial charge is 0.388 e. The van der Waals surface area contributed by atoms with Crippen molar-refractivity contribution < 1.29 is 5.11 Å². The molecule has 0 bridgehead atoms. The summed E-state index contributed by atoms with van der Waals surface area (Å²) in [5.74, 6) is 0. The van der Waals surface area contributed by atoms with Crippen LogP contribution < -0.4 is 5.32 Å². The molecule has 1 aliphatic rings. The van der Waals surface area contributed by atoms with Gasteiger partial charge in [0.05, 0.1) is 5.60 Å². The molecule has 2 heterocycles. The van der Waals surface area contributed by atoms with E-state index >= 15 is 0 Å². The number of rotatable bonds is 2.